The second-order valence-corrected chi connectivity index (χ2v) is 4.58. The van der Waals surface area contributed by atoms with Crippen LogP contribution < -0.4 is 11.1 Å². The maximum absolute atomic E-state index is 13.4. The summed E-state index contributed by atoms with van der Waals surface area (Å²) in [6.45, 7) is -0.839. The summed E-state index contributed by atoms with van der Waals surface area (Å²) in [5, 5.41) is 1.92. The van der Waals surface area contributed by atoms with E-state index in [1.54, 1.807) is 0 Å². The van der Waals surface area contributed by atoms with Crippen molar-refractivity contribution in [2.45, 2.75) is 0 Å². The molecule has 0 radical (unpaired) electrons. The number of ether oxygens (including phenoxy) is 1. The predicted molar refractivity (Wildman–Crippen MR) is 76.0 cm³/mol. The number of nitrogens with one attached hydrogen (secondary N) is 1. The Morgan fingerprint density at radius 2 is 1.75 bits per heavy atom. The molecule has 24 heavy (non-hydrogen) atoms. The molecular formula is C15H10F4N2O3. The van der Waals surface area contributed by atoms with Gasteiger partial charge in [-0.3, -0.25) is 4.79 Å². The fourth-order valence-electron chi connectivity index (χ4n) is 1.74. The van der Waals surface area contributed by atoms with Gasteiger partial charge in [-0.15, -0.1) is 0 Å². The number of esters is 1. The number of rotatable bonds is 4. The smallest absolute Gasteiger partial charge is 0.340 e. The lowest BCUT2D eigenvalue weighted by Gasteiger charge is -2.09. The quantitative estimate of drug-likeness (QED) is 0.387. The van der Waals surface area contributed by atoms with Gasteiger partial charge < -0.3 is 15.8 Å². The summed E-state index contributed by atoms with van der Waals surface area (Å²) >= 11 is 0. The SMILES string of the molecule is Nc1cc(F)ccc1C(=O)OCC(=O)Nc1ccc(F)c(F)c1F. The standard InChI is InChI=1S/C15H10F4N2O3/c16-7-1-2-8(10(20)5-7)15(23)24-6-12(22)21-11-4-3-9(17)13(18)14(11)19/h1-5H,6,20H2,(H,21,22). The lowest BCUT2D eigenvalue weighted by molar-refractivity contribution is -0.119. The Bertz CT molecular complexity index is 812. The fraction of sp³-hybridized carbons (Fsp3) is 0.0667. The molecule has 0 bridgehead atoms. The van der Waals surface area contributed by atoms with Gasteiger partial charge in [0.05, 0.1) is 11.3 Å². The number of carbonyl (C=O) groups is 2. The lowest BCUT2D eigenvalue weighted by Crippen LogP contribution is -2.22. The minimum Gasteiger partial charge on any atom is -0.452 e. The molecule has 0 aliphatic heterocycles. The van der Waals surface area contributed by atoms with E-state index in [9.17, 15) is 27.2 Å². The molecule has 5 nitrogen and oxygen atoms in total. The molecule has 0 spiro atoms. The number of halogens is 4. The van der Waals surface area contributed by atoms with Crippen molar-refractivity contribution in [2.24, 2.45) is 0 Å². The fourth-order valence-corrected chi connectivity index (χ4v) is 1.74. The van der Waals surface area contributed by atoms with Crippen LogP contribution in [0.2, 0.25) is 0 Å². The molecule has 0 aromatic heterocycles. The van der Waals surface area contributed by atoms with Gasteiger partial charge in [0.2, 0.25) is 0 Å². The first-order valence-corrected chi connectivity index (χ1v) is 6.45. The summed E-state index contributed by atoms with van der Waals surface area (Å²) in [5.74, 6) is -7.40. The molecule has 0 heterocycles. The van der Waals surface area contributed by atoms with Gasteiger partial charge in [0.15, 0.2) is 24.1 Å². The van der Waals surface area contributed by atoms with Crippen molar-refractivity contribution in [3.63, 3.8) is 0 Å². The van der Waals surface area contributed by atoms with Crippen molar-refractivity contribution in [2.75, 3.05) is 17.7 Å². The third-order valence-electron chi connectivity index (χ3n) is 2.88. The van der Waals surface area contributed by atoms with Crippen LogP contribution in [0.15, 0.2) is 30.3 Å². The van der Waals surface area contributed by atoms with Gasteiger partial charge in [0.25, 0.3) is 5.91 Å². The molecule has 0 unspecified atom stereocenters. The van der Waals surface area contributed by atoms with Gasteiger partial charge in [0.1, 0.15) is 5.82 Å². The zero-order chi connectivity index (χ0) is 17.9. The molecule has 0 aliphatic rings. The summed E-state index contributed by atoms with van der Waals surface area (Å²) in [6, 6.07) is 4.38. The molecule has 2 aromatic carbocycles. The Morgan fingerprint density at radius 1 is 1.04 bits per heavy atom. The zero-order valence-electron chi connectivity index (χ0n) is 11.9. The van der Waals surface area contributed by atoms with Crippen LogP contribution in [0.1, 0.15) is 10.4 Å². The Morgan fingerprint density at radius 3 is 2.42 bits per heavy atom. The summed E-state index contributed by atoms with van der Waals surface area (Å²) in [4.78, 5) is 23.3. The first-order chi connectivity index (χ1) is 11.3. The predicted octanol–water partition coefficient (Wildman–Crippen LogP) is 2.62. The molecule has 0 fully saturated rings. The number of benzene rings is 2. The monoisotopic (exact) mass is 342 g/mol. The van der Waals surface area contributed by atoms with Crippen molar-refractivity contribution in [1.82, 2.24) is 0 Å². The normalized spacial score (nSPS) is 10.3. The average Bonchev–Trinajstić information content (AvgIpc) is 2.53. The summed E-state index contributed by atoms with van der Waals surface area (Å²) in [7, 11) is 0. The minimum absolute atomic E-state index is 0.164. The highest BCUT2D eigenvalue weighted by Gasteiger charge is 2.17. The molecule has 2 aromatic rings. The van der Waals surface area contributed by atoms with E-state index >= 15 is 0 Å². The molecule has 9 heteroatoms. The molecule has 0 atom stereocenters. The van der Waals surface area contributed by atoms with E-state index in [1.807, 2.05) is 5.32 Å². The van der Waals surface area contributed by atoms with Gasteiger partial charge in [-0.05, 0) is 30.3 Å². The summed E-state index contributed by atoms with van der Waals surface area (Å²) < 4.78 is 56.7. The molecule has 0 saturated carbocycles. The second-order valence-electron chi connectivity index (χ2n) is 4.58. The van der Waals surface area contributed by atoms with Crippen LogP contribution in [0.3, 0.4) is 0 Å². The molecule has 126 valence electrons. The number of nitrogens with two attached hydrogens (primary N) is 1. The largest absolute Gasteiger partial charge is 0.452 e. The average molecular weight is 342 g/mol. The number of carbonyl (C=O) groups excluding carboxylic acids is 2. The molecule has 0 saturated heterocycles. The van der Waals surface area contributed by atoms with E-state index in [4.69, 9.17) is 5.73 Å². The molecule has 1 amide bonds. The Balaban J connectivity index is 1.98. The van der Waals surface area contributed by atoms with Crippen LogP contribution in [-0.2, 0) is 9.53 Å². The number of amides is 1. The number of hydrogen-bond acceptors (Lipinski definition) is 4. The first-order valence-electron chi connectivity index (χ1n) is 6.45. The highest BCUT2D eigenvalue weighted by Crippen LogP contribution is 2.19. The van der Waals surface area contributed by atoms with Crippen molar-refractivity contribution < 1.29 is 31.9 Å². The van der Waals surface area contributed by atoms with E-state index < -0.39 is 47.4 Å². The zero-order valence-corrected chi connectivity index (χ0v) is 11.9. The van der Waals surface area contributed by atoms with E-state index in [0.717, 1.165) is 24.3 Å². The van der Waals surface area contributed by atoms with Crippen molar-refractivity contribution in [3.05, 3.63) is 59.2 Å². The van der Waals surface area contributed by atoms with Gasteiger partial charge in [0, 0.05) is 5.69 Å². The topological polar surface area (TPSA) is 81.4 Å². The van der Waals surface area contributed by atoms with Gasteiger partial charge >= 0.3 is 5.97 Å². The van der Waals surface area contributed by atoms with Crippen LogP contribution in [0.25, 0.3) is 0 Å². The van der Waals surface area contributed by atoms with E-state index in [-0.39, 0.29) is 11.3 Å². The maximum atomic E-state index is 13.4. The molecule has 0 aliphatic carbocycles. The van der Waals surface area contributed by atoms with Crippen LogP contribution in [-0.4, -0.2) is 18.5 Å². The van der Waals surface area contributed by atoms with Gasteiger partial charge in [-0.2, -0.15) is 0 Å². The Hall–Kier alpha value is -3.10. The molecule has 2 rings (SSSR count). The van der Waals surface area contributed by atoms with E-state index in [0.29, 0.717) is 6.07 Å². The van der Waals surface area contributed by atoms with Crippen LogP contribution in [0.4, 0.5) is 28.9 Å². The van der Waals surface area contributed by atoms with Crippen molar-refractivity contribution in [1.29, 1.82) is 0 Å². The Labute approximate surface area is 133 Å². The number of hydrogen-bond donors (Lipinski definition) is 2. The van der Waals surface area contributed by atoms with Crippen molar-refractivity contribution in [3.8, 4) is 0 Å². The Kier molecular flexibility index (Phi) is 5.02. The summed E-state index contributed by atoms with van der Waals surface area (Å²) in [6.07, 6.45) is 0. The number of anilines is 2. The number of nitrogen functional groups attached to an aromatic ring is 1. The van der Waals surface area contributed by atoms with Crippen LogP contribution in [0.5, 0.6) is 0 Å². The van der Waals surface area contributed by atoms with Gasteiger partial charge in [-0.1, -0.05) is 0 Å². The van der Waals surface area contributed by atoms with Gasteiger partial charge in [-0.25, -0.2) is 22.4 Å². The van der Waals surface area contributed by atoms with Crippen molar-refractivity contribution >= 4 is 23.3 Å². The molecule has 3 N–H and O–H groups in total. The minimum atomic E-state index is -1.75. The lowest BCUT2D eigenvalue weighted by atomic mass is 10.2. The second kappa shape index (κ2) is 6.99. The van der Waals surface area contributed by atoms with E-state index in [2.05, 4.69) is 4.74 Å². The third-order valence-corrected chi connectivity index (χ3v) is 2.88. The summed E-state index contributed by atoms with van der Waals surface area (Å²) in [5.41, 5.74) is 4.47. The third kappa shape index (κ3) is 3.80. The van der Waals surface area contributed by atoms with E-state index in [1.165, 1.54) is 0 Å². The highest BCUT2D eigenvalue weighted by molar-refractivity contribution is 5.98. The first kappa shape index (κ1) is 17.3. The van der Waals surface area contributed by atoms with Crippen LogP contribution in [0, 0.1) is 23.3 Å². The molecular weight excluding hydrogens is 332 g/mol. The maximum Gasteiger partial charge on any atom is 0.340 e. The highest BCUT2D eigenvalue weighted by atomic mass is 19.2. The van der Waals surface area contributed by atoms with Crippen LogP contribution >= 0.6 is 0 Å².